The van der Waals surface area contributed by atoms with E-state index >= 15 is 0 Å². The summed E-state index contributed by atoms with van der Waals surface area (Å²) in [6.07, 6.45) is 4.02. The standard InChI is InChI=1S/C14H28N2/c1-10(2)13-6-14(7-13,9-15)16-8-11(3)5-12(16)4/h10-13H,5-9,15H2,1-4H3. The predicted octanol–water partition coefficient (Wildman–Crippen LogP) is 2.48. The lowest BCUT2D eigenvalue weighted by Gasteiger charge is -2.55. The van der Waals surface area contributed by atoms with Crippen LogP contribution < -0.4 is 5.73 Å². The van der Waals surface area contributed by atoms with Gasteiger partial charge >= 0.3 is 0 Å². The SMILES string of the molecule is CC1CC(C)N(C2(CN)CC(C(C)C)C2)C1. The molecule has 2 aliphatic rings. The molecule has 2 rings (SSSR count). The van der Waals surface area contributed by atoms with Gasteiger partial charge in [-0.2, -0.15) is 0 Å². The summed E-state index contributed by atoms with van der Waals surface area (Å²) in [6, 6.07) is 0.742. The van der Waals surface area contributed by atoms with Gasteiger partial charge in [0.05, 0.1) is 0 Å². The van der Waals surface area contributed by atoms with E-state index in [1.54, 1.807) is 0 Å². The van der Waals surface area contributed by atoms with Crippen LogP contribution in [0.1, 0.15) is 47.0 Å². The molecule has 2 nitrogen and oxygen atoms in total. The van der Waals surface area contributed by atoms with Crippen LogP contribution in [-0.2, 0) is 0 Å². The third-order valence-corrected chi connectivity index (χ3v) is 5.00. The normalized spacial score (nSPS) is 45.0. The summed E-state index contributed by atoms with van der Waals surface area (Å²) >= 11 is 0. The number of rotatable bonds is 3. The Kier molecular flexibility index (Phi) is 3.33. The van der Waals surface area contributed by atoms with Crippen molar-refractivity contribution in [2.45, 2.75) is 58.5 Å². The van der Waals surface area contributed by atoms with Gasteiger partial charge in [0.25, 0.3) is 0 Å². The highest BCUT2D eigenvalue weighted by Gasteiger charge is 2.51. The first kappa shape index (κ1) is 12.4. The zero-order valence-electron chi connectivity index (χ0n) is 11.4. The maximum atomic E-state index is 6.08. The Morgan fingerprint density at radius 2 is 1.94 bits per heavy atom. The van der Waals surface area contributed by atoms with Gasteiger partial charge in [-0.15, -0.1) is 0 Å². The summed E-state index contributed by atoms with van der Waals surface area (Å²) in [4.78, 5) is 2.72. The summed E-state index contributed by atoms with van der Waals surface area (Å²) in [5.41, 5.74) is 6.44. The molecule has 2 heteroatoms. The molecule has 0 spiro atoms. The molecular weight excluding hydrogens is 196 g/mol. The fourth-order valence-corrected chi connectivity index (χ4v) is 3.87. The second kappa shape index (κ2) is 4.30. The van der Waals surface area contributed by atoms with Crippen LogP contribution in [0.25, 0.3) is 0 Å². The van der Waals surface area contributed by atoms with Gasteiger partial charge in [0.2, 0.25) is 0 Å². The Bertz CT molecular complexity index is 243. The van der Waals surface area contributed by atoms with Crippen molar-refractivity contribution in [2.24, 2.45) is 23.5 Å². The number of nitrogens with two attached hydrogens (primary N) is 1. The Hall–Kier alpha value is -0.0800. The van der Waals surface area contributed by atoms with E-state index in [9.17, 15) is 0 Å². The van der Waals surface area contributed by atoms with Gasteiger partial charge in [0.15, 0.2) is 0 Å². The molecule has 2 atom stereocenters. The van der Waals surface area contributed by atoms with E-state index in [0.717, 1.165) is 30.3 Å². The van der Waals surface area contributed by atoms with Gasteiger partial charge in [-0.25, -0.2) is 0 Å². The van der Waals surface area contributed by atoms with Gasteiger partial charge in [-0.3, -0.25) is 4.90 Å². The van der Waals surface area contributed by atoms with Crippen LogP contribution >= 0.6 is 0 Å². The van der Waals surface area contributed by atoms with Crippen molar-refractivity contribution < 1.29 is 0 Å². The second-order valence-electron chi connectivity index (χ2n) is 6.68. The van der Waals surface area contributed by atoms with Crippen molar-refractivity contribution in [2.75, 3.05) is 13.1 Å². The maximum absolute atomic E-state index is 6.08. The summed E-state index contributed by atoms with van der Waals surface area (Å²) in [5.74, 6) is 2.60. The van der Waals surface area contributed by atoms with Crippen LogP contribution in [0.5, 0.6) is 0 Å². The molecule has 0 aromatic carbocycles. The monoisotopic (exact) mass is 224 g/mol. The van der Waals surface area contributed by atoms with E-state index in [-0.39, 0.29) is 0 Å². The van der Waals surface area contributed by atoms with Crippen molar-refractivity contribution >= 4 is 0 Å². The van der Waals surface area contributed by atoms with Crippen LogP contribution in [0.2, 0.25) is 0 Å². The van der Waals surface area contributed by atoms with E-state index in [4.69, 9.17) is 5.73 Å². The molecule has 1 aliphatic carbocycles. The van der Waals surface area contributed by atoms with Crippen LogP contribution in [-0.4, -0.2) is 29.6 Å². The highest BCUT2D eigenvalue weighted by molar-refractivity contribution is 5.07. The molecular formula is C14H28N2. The molecule has 1 heterocycles. The molecule has 0 aromatic rings. The molecule has 2 N–H and O–H groups in total. The van der Waals surface area contributed by atoms with Crippen LogP contribution in [0.4, 0.5) is 0 Å². The summed E-state index contributed by atoms with van der Waals surface area (Å²) in [6.45, 7) is 11.6. The lowest BCUT2D eigenvalue weighted by atomic mass is 9.63. The number of hydrogen-bond acceptors (Lipinski definition) is 2. The van der Waals surface area contributed by atoms with Crippen molar-refractivity contribution in [3.63, 3.8) is 0 Å². The fourth-order valence-electron chi connectivity index (χ4n) is 3.87. The Morgan fingerprint density at radius 3 is 2.31 bits per heavy atom. The third-order valence-electron chi connectivity index (χ3n) is 5.00. The van der Waals surface area contributed by atoms with E-state index in [1.165, 1.54) is 25.8 Å². The van der Waals surface area contributed by atoms with Gasteiger partial charge in [0, 0.05) is 24.7 Å². The Morgan fingerprint density at radius 1 is 1.31 bits per heavy atom. The topological polar surface area (TPSA) is 29.3 Å². The summed E-state index contributed by atoms with van der Waals surface area (Å²) in [5, 5.41) is 0. The first-order valence-electron chi connectivity index (χ1n) is 6.95. The van der Waals surface area contributed by atoms with Crippen molar-refractivity contribution in [3.8, 4) is 0 Å². The molecule has 16 heavy (non-hydrogen) atoms. The molecule has 0 bridgehead atoms. The number of nitrogens with zero attached hydrogens (tertiary/aromatic N) is 1. The minimum Gasteiger partial charge on any atom is -0.329 e. The summed E-state index contributed by atoms with van der Waals surface area (Å²) < 4.78 is 0. The minimum atomic E-state index is 0.360. The van der Waals surface area contributed by atoms with E-state index in [0.29, 0.717) is 5.54 Å². The van der Waals surface area contributed by atoms with Crippen molar-refractivity contribution in [1.29, 1.82) is 0 Å². The minimum absolute atomic E-state index is 0.360. The van der Waals surface area contributed by atoms with E-state index in [2.05, 4.69) is 32.6 Å². The van der Waals surface area contributed by atoms with Gasteiger partial charge in [0.1, 0.15) is 0 Å². The first-order chi connectivity index (χ1) is 7.48. The highest BCUT2D eigenvalue weighted by Crippen LogP contribution is 2.48. The van der Waals surface area contributed by atoms with Crippen molar-refractivity contribution in [3.05, 3.63) is 0 Å². The smallest absolute Gasteiger partial charge is 0.0340 e. The Labute approximate surface area is 101 Å². The molecule has 1 aliphatic heterocycles. The molecule has 0 radical (unpaired) electrons. The molecule has 94 valence electrons. The average molecular weight is 224 g/mol. The molecule has 0 amide bonds. The molecule has 2 unspecified atom stereocenters. The highest BCUT2D eigenvalue weighted by atomic mass is 15.3. The maximum Gasteiger partial charge on any atom is 0.0340 e. The van der Waals surface area contributed by atoms with Crippen LogP contribution in [0.15, 0.2) is 0 Å². The average Bonchev–Trinajstić information content (AvgIpc) is 2.45. The lowest BCUT2D eigenvalue weighted by Crippen LogP contribution is -2.63. The Balaban J connectivity index is 2.02. The molecule has 0 aromatic heterocycles. The van der Waals surface area contributed by atoms with Gasteiger partial charge < -0.3 is 5.73 Å². The fraction of sp³-hybridized carbons (Fsp3) is 1.00. The zero-order valence-corrected chi connectivity index (χ0v) is 11.4. The molecule has 2 fully saturated rings. The van der Waals surface area contributed by atoms with Crippen molar-refractivity contribution in [1.82, 2.24) is 4.90 Å². The molecule has 1 saturated carbocycles. The number of likely N-dealkylation sites (tertiary alicyclic amines) is 1. The third kappa shape index (κ3) is 1.91. The van der Waals surface area contributed by atoms with Gasteiger partial charge in [-0.05, 0) is 43.9 Å². The summed E-state index contributed by atoms with van der Waals surface area (Å²) in [7, 11) is 0. The first-order valence-corrected chi connectivity index (χ1v) is 6.95. The molecule has 1 saturated heterocycles. The second-order valence-corrected chi connectivity index (χ2v) is 6.68. The van der Waals surface area contributed by atoms with E-state index in [1.807, 2.05) is 0 Å². The van der Waals surface area contributed by atoms with Gasteiger partial charge in [-0.1, -0.05) is 20.8 Å². The van der Waals surface area contributed by atoms with Crippen LogP contribution in [0, 0.1) is 17.8 Å². The van der Waals surface area contributed by atoms with Crippen LogP contribution in [0.3, 0.4) is 0 Å². The quantitative estimate of drug-likeness (QED) is 0.798. The predicted molar refractivity (Wildman–Crippen MR) is 69.3 cm³/mol. The number of hydrogen-bond donors (Lipinski definition) is 1. The van der Waals surface area contributed by atoms with E-state index < -0.39 is 0 Å². The largest absolute Gasteiger partial charge is 0.329 e. The lowest BCUT2D eigenvalue weighted by molar-refractivity contribution is -0.0404. The zero-order chi connectivity index (χ0) is 11.9.